The molecule has 0 bridgehead atoms. The van der Waals surface area contributed by atoms with Crippen molar-refractivity contribution < 1.29 is 19.8 Å². The van der Waals surface area contributed by atoms with Crippen LogP contribution in [-0.2, 0) is 9.59 Å². The average Bonchev–Trinajstić information content (AvgIpc) is 2.25. The summed E-state index contributed by atoms with van der Waals surface area (Å²) in [7, 11) is 0. The number of aliphatic carboxylic acids is 1. The van der Waals surface area contributed by atoms with Crippen molar-refractivity contribution in [2.24, 2.45) is 0 Å². The minimum absolute atomic E-state index is 0.118. The molecule has 98 valence electrons. The third-order valence-corrected chi connectivity index (χ3v) is 2.15. The van der Waals surface area contributed by atoms with Crippen LogP contribution in [0.2, 0.25) is 10.6 Å². The Hall–Kier alpha value is -1.15. The zero-order valence-corrected chi connectivity index (χ0v) is 11.2. The van der Waals surface area contributed by atoms with E-state index in [4.69, 9.17) is 56.6 Å². The molecule has 0 aliphatic carbocycles. The Kier molecular flexibility index (Phi) is 7.53. The molecular weight excluding hydrogens is 332 g/mol. The van der Waals surface area contributed by atoms with Crippen molar-refractivity contribution in [2.75, 3.05) is 0 Å². The topological polar surface area (TPSA) is 113 Å². The minimum atomic E-state index is -1.41. The summed E-state index contributed by atoms with van der Waals surface area (Å²) in [6.07, 6.45) is 0.165. The fraction of sp³-hybridized carbons (Fsp3) is 0. The summed E-state index contributed by atoms with van der Waals surface area (Å²) in [5.74, 6) is -1.41. The third kappa shape index (κ3) is 6.55. The van der Waals surface area contributed by atoms with Gasteiger partial charge < -0.3 is 10.2 Å². The van der Waals surface area contributed by atoms with E-state index in [0.717, 1.165) is 0 Å². The van der Waals surface area contributed by atoms with Crippen LogP contribution < -0.4 is 0 Å². The van der Waals surface area contributed by atoms with Crippen molar-refractivity contribution in [3.8, 4) is 6.01 Å². The maximum absolute atomic E-state index is 9.87. The highest BCUT2D eigenvalue weighted by molar-refractivity contribution is 6.51. The molecule has 1 rings (SSSR count). The Balaban J connectivity index is 0.000000321. The summed E-state index contributed by atoms with van der Waals surface area (Å²) in [5.41, 5.74) is 0. The van der Waals surface area contributed by atoms with E-state index in [-0.39, 0.29) is 16.9 Å². The Morgan fingerprint density at radius 1 is 1.11 bits per heavy atom. The summed E-state index contributed by atoms with van der Waals surface area (Å²) in [6.45, 7) is 0. The SMILES string of the molecule is O=CC(Cl)=C(Cl)C(=O)O.Oc1nc(Cl)nc(Cl)n1. The predicted octanol–water partition coefficient (Wildman–Crippen LogP) is 1.84. The average molecular weight is 335 g/mol. The number of aldehydes is 1. The van der Waals surface area contributed by atoms with E-state index in [2.05, 4.69) is 15.0 Å². The number of aromatic nitrogens is 3. The zero-order chi connectivity index (χ0) is 14.3. The van der Waals surface area contributed by atoms with Crippen LogP contribution in [0.5, 0.6) is 6.01 Å². The molecule has 18 heavy (non-hydrogen) atoms. The molecule has 0 fully saturated rings. The molecule has 1 aromatic heterocycles. The van der Waals surface area contributed by atoms with Gasteiger partial charge in [-0.05, 0) is 23.2 Å². The Morgan fingerprint density at radius 2 is 1.56 bits per heavy atom. The van der Waals surface area contributed by atoms with Gasteiger partial charge in [-0.2, -0.15) is 15.0 Å². The molecule has 0 atom stereocenters. The first-order valence-corrected chi connectivity index (χ1v) is 5.29. The van der Waals surface area contributed by atoms with E-state index in [1.165, 1.54) is 0 Å². The molecule has 11 heteroatoms. The molecular formula is C7H3Cl4N3O4. The Morgan fingerprint density at radius 3 is 1.78 bits per heavy atom. The van der Waals surface area contributed by atoms with Gasteiger partial charge in [0.05, 0.1) is 0 Å². The number of halogens is 4. The molecule has 2 N–H and O–H groups in total. The summed E-state index contributed by atoms with van der Waals surface area (Å²) in [6, 6.07) is -0.472. The van der Waals surface area contributed by atoms with E-state index in [0.29, 0.717) is 0 Å². The van der Waals surface area contributed by atoms with Crippen LogP contribution in [0.25, 0.3) is 0 Å². The van der Waals surface area contributed by atoms with E-state index >= 15 is 0 Å². The number of aromatic hydroxyl groups is 1. The lowest BCUT2D eigenvalue weighted by atomic mass is 10.5. The molecule has 7 nitrogen and oxygen atoms in total. The predicted molar refractivity (Wildman–Crippen MR) is 63.9 cm³/mol. The van der Waals surface area contributed by atoms with Gasteiger partial charge in [0.15, 0.2) is 6.29 Å². The molecule has 0 saturated heterocycles. The van der Waals surface area contributed by atoms with Crippen LogP contribution in [0, 0.1) is 0 Å². The van der Waals surface area contributed by atoms with Crippen LogP contribution in [0.3, 0.4) is 0 Å². The van der Waals surface area contributed by atoms with E-state index < -0.39 is 22.0 Å². The highest BCUT2D eigenvalue weighted by Gasteiger charge is 2.07. The number of nitrogens with zero attached hydrogens (tertiary/aromatic N) is 3. The van der Waals surface area contributed by atoms with Gasteiger partial charge in [-0.25, -0.2) is 4.79 Å². The fourth-order valence-corrected chi connectivity index (χ4v) is 0.950. The number of carboxylic acid groups (broad SMARTS) is 1. The first-order valence-electron chi connectivity index (χ1n) is 3.77. The molecule has 0 aliphatic heterocycles. The van der Waals surface area contributed by atoms with E-state index in [9.17, 15) is 9.59 Å². The lowest BCUT2D eigenvalue weighted by Crippen LogP contribution is -1.96. The number of hydrogen-bond donors (Lipinski definition) is 2. The van der Waals surface area contributed by atoms with Gasteiger partial charge in [0.1, 0.15) is 10.1 Å². The molecule has 1 heterocycles. The second kappa shape index (κ2) is 8.04. The maximum Gasteiger partial charge on any atom is 0.348 e. The number of allylic oxidation sites excluding steroid dienone is 1. The summed E-state index contributed by atoms with van der Waals surface area (Å²) >= 11 is 20.5. The van der Waals surface area contributed by atoms with Crippen LogP contribution in [-0.4, -0.2) is 37.4 Å². The van der Waals surface area contributed by atoms with Crippen LogP contribution in [0.15, 0.2) is 10.1 Å². The smallest absolute Gasteiger partial charge is 0.348 e. The first-order chi connectivity index (χ1) is 8.27. The van der Waals surface area contributed by atoms with Gasteiger partial charge in [-0.1, -0.05) is 23.2 Å². The highest BCUT2D eigenvalue weighted by atomic mass is 35.5. The molecule has 0 spiro atoms. The van der Waals surface area contributed by atoms with E-state index in [1.807, 2.05) is 0 Å². The second-order valence-electron chi connectivity index (χ2n) is 2.26. The van der Waals surface area contributed by atoms with Gasteiger partial charge in [0.2, 0.25) is 10.6 Å². The van der Waals surface area contributed by atoms with Crippen LogP contribution in [0.1, 0.15) is 0 Å². The largest absolute Gasteiger partial charge is 0.479 e. The second-order valence-corrected chi connectivity index (χ2v) is 3.72. The van der Waals surface area contributed by atoms with Crippen molar-refractivity contribution in [1.29, 1.82) is 0 Å². The van der Waals surface area contributed by atoms with Gasteiger partial charge >= 0.3 is 12.0 Å². The Labute approximate surface area is 120 Å². The molecule has 0 radical (unpaired) electrons. The van der Waals surface area contributed by atoms with Crippen LogP contribution in [0.4, 0.5) is 0 Å². The van der Waals surface area contributed by atoms with Gasteiger partial charge in [0.25, 0.3) is 0 Å². The summed E-state index contributed by atoms with van der Waals surface area (Å²) in [5, 5.41) is 15.2. The molecule has 0 aromatic carbocycles. The Bertz CT molecular complexity index is 443. The quantitative estimate of drug-likeness (QED) is 0.626. The highest BCUT2D eigenvalue weighted by Crippen LogP contribution is 2.10. The standard InChI is InChI=1S/C4H2Cl2O3.C3HCl2N3O/c5-2(1-7)3(6)4(8)9;4-1-6-2(5)8-3(9)7-1/h1H,(H,8,9);(H,6,7,8,9). The van der Waals surface area contributed by atoms with Crippen molar-refractivity contribution in [3.05, 3.63) is 20.6 Å². The van der Waals surface area contributed by atoms with Crippen LogP contribution >= 0.6 is 46.4 Å². The van der Waals surface area contributed by atoms with Gasteiger partial charge in [-0.3, -0.25) is 4.79 Å². The van der Waals surface area contributed by atoms with Crippen molar-refractivity contribution in [3.63, 3.8) is 0 Å². The summed E-state index contributed by atoms with van der Waals surface area (Å²) in [4.78, 5) is 29.5. The van der Waals surface area contributed by atoms with Crippen molar-refractivity contribution in [1.82, 2.24) is 15.0 Å². The third-order valence-electron chi connectivity index (χ3n) is 1.07. The minimum Gasteiger partial charge on any atom is -0.479 e. The summed E-state index contributed by atoms with van der Waals surface area (Å²) < 4.78 is 0. The molecule has 0 amide bonds. The lowest BCUT2D eigenvalue weighted by Gasteiger charge is -1.89. The maximum atomic E-state index is 9.87. The van der Waals surface area contributed by atoms with Crippen molar-refractivity contribution >= 4 is 58.7 Å². The number of carboxylic acids is 1. The number of rotatable bonds is 2. The van der Waals surface area contributed by atoms with Crippen molar-refractivity contribution in [2.45, 2.75) is 0 Å². The normalized spacial score (nSPS) is 10.9. The molecule has 0 saturated carbocycles. The number of carbonyl (C=O) groups excluding carboxylic acids is 1. The van der Waals surface area contributed by atoms with E-state index in [1.54, 1.807) is 0 Å². The van der Waals surface area contributed by atoms with Gasteiger partial charge in [0, 0.05) is 0 Å². The monoisotopic (exact) mass is 333 g/mol. The zero-order valence-electron chi connectivity index (χ0n) is 8.14. The fourth-order valence-electron chi connectivity index (χ4n) is 0.470. The molecule has 1 aromatic rings. The van der Waals surface area contributed by atoms with Gasteiger partial charge in [-0.15, -0.1) is 0 Å². The molecule has 0 unspecified atom stereocenters. The lowest BCUT2D eigenvalue weighted by molar-refractivity contribution is -0.132. The first kappa shape index (κ1) is 16.9. The number of carbonyl (C=O) groups is 2. The number of hydrogen-bond acceptors (Lipinski definition) is 6. The molecule has 0 aliphatic rings.